The molecule has 0 heterocycles. The number of amides is 1. The predicted octanol–water partition coefficient (Wildman–Crippen LogP) is 7.54. The van der Waals surface area contributed by atoms with Gasteiger partial charge in [-0.15, -0.1) is 0 Å². The van der Waals surface area contributed by atoms with Gasteiger partial charge in [0.15, 0.2) is 11.5 Å². The number of methoxy groups -OCH3 is 1. The zero-order chi connectivity index (χ0) is 24.0. The summed E-state index contributed by atoms with van der Waals surface area (Å²) in [4.78, 5) is 12.6. The number of carbonyl (C=O) groups is 1. The number of nitrogens with one attached hydrogen (secondary N) is 1. The van der Waals surface area contributed by atoms with E-state index in [1.165, 1.54) is 13.2 Å². The first-order chi connectivity index (χ1) is 15.8. The van der Waals surface area contributed by atoms with E-state index >= 15 is 0 Å². The maximum atomic E-state index is 12.6. The Bertz CT molecular complexity index is 1270. The van der Waals surface area contributed by atoms with Gasteiger partial charge in [-0.1, -0.05) is 62.9 Å². The monoisotopic (exact) mass is 564 g/mol. The van der Waals surface area contributed by atoms with Gasteiger partial charge in [0.25, 0.3) is 5.91 Å². The van der Waals surface area contributed by atoms with Crippen molar-refractivity contribution < 1.29 is 14.3 Å². The Balaban J connectivity index is 1.83. The first-order valence-electron chi connectivity index (χ1n) is 9.43. The third-order valence-electron chi connectivity index (χ3n) is 4.43. The van der Waals surface area contributed by atoms with Crippen LogP contribution in [0, 0.1) is 11.3 Å². The molecule has 0 saturated carbocycles. The van der Waals surface area contributed by atoms with Gasteiger partial charge in [-0.3, -0.25) is 4.79 Å². The van der Waals surface area contributed by atoms with E-state index in [0.29, 0.717) is 42.3 Å². The van der Waals surface area contributed by atoms with Crippen molar-refractivity contribution in [2.75, 3.05) is 12.4 Å². The quantitative estimate of drug-likeness (QED) is 0.237. The molecule has 1 amide bonds. The van der Waals surface area contributed by atoms with Gasteiger partial charge in [-0.2, -0.15) is 5.26 Å². The SMILES string of the molecule is COc1cc(/C=C(\C#N)C(=O)Nc2cccc(Cl)c2)c(Br)cc1OCc1ccc(Cl)cc1Cl. The van der Waals surface area contributed by atoms with Crippen LogP contribution in [-0.4, -0.2) is 13.0 Å². The molecule has 0 aromatic heterocycles. The van der Waals surface area contributed by atoms with Crippen molar-refractivity contribution in [2.24, 2.45) is 0 Å². The molecule has 33 heavy (non-hydrogen) atoms. The molecular weight excluding hydrogens is 551 g/mol. The fraction of sp³-hybridized carbons (Fsp3) is 0.0833. The van der Waals surface area contributed by atoms with Crippen molar-refractivity contribution in [3.05, 3.63) is 90.8 Å². The second kappa shape index (κ2) is 11.4. The summed E-state index contributed by atoms with van der Waals surface area (Å²) < 4.78 is 11.9. The first-order valence-corrected chi connectivity index (χ1v) is 11.4. The van der Waals surface area contributed by atoms with E-state index in [0.717, 1.165) is 5.56 Å². The van der Waals surface area contributed by atoms with Gasteiger partial charge in [-0.25, -0.2) is 0 Å². The van der Waals surface area contributed by atoms with Crippen LogP contribution in [0.3, 0.4) is 0 Å². The average Bonchev–Trinajstić information content (AvgIpc) is 2.77. The number of nitriles is 1. The molecule has 168 valence electrons. The molecule has 0 saturated heterocycles. The minimum Gasteiger partial charge on any atom is -0.493 e. The highest BCUT2D eigenvalue weighted by atomic mass is 79.9. The second-order valence-corrected chi connectivity index (χ2v) is 8.82. The summed E-state index contributed by atoms with van der Waals surface area (Å²) >= 11 is 21.5. The van der Waals surface area contributed by atoms with E-state index in [2.05, 4.69) is 21.2 Å². The van der Waals surface area contributed by atoms with Crippen LogP contribution >= 0.6 is 50.7 Å². The smallest absolute Gasteiger partial charge is 0.266 e. The standard InChI is InChI=1S/C24H16BrCl3N2O3/c1-32-22-8-15(7-16(12-29)24(31)30-19-4-2-3-17(26)9-19)20(25)11-23(22)33-13-14-5-6-18(27)10-21(14)28/h2-11H,13H2,1H3,(H,30,31)/b16-7+. The second-order valence-electron chi connectivity index (χ2n) is 6.68. The molecule has 0 aliphatic carbocycles. The molecular formula is C24H16BrCl3N2O3. The average molecular weight is 567 g/mol. The molecule has 0 radical (unpaired) electrons. The number of rotatable bonds is 7. The van der Waals surface area contributed by atoms with Crippen molar-refractivity contribution in [1.82, 2.24) is 0 Å². The normalized spacial score (nSPS) is 11.0. The Labute approximate surface area is 214 Å². The van der Waals surface area contributed by atoms with Gasteiger partial charge in [0.05, 0.1) is 7.11 Å². The largest absolute Gasteiger partial charge is 0.493 e. The van der Waals surface area contributed by atoms with Crippen LogP contribution < -0.4 is 14.8 Å². The van der Waals surface area contributed by atoms with Crippen molar-refractivity contribution in [3.63, 3.8) is 0 Å². The van der Waals surface area contributed by atoms with Gasteiger partial charge in [0.1, 0.15) is 18.2 Å². The summed E-state index contributed by atoms with van der Waals surface area (Å²) in [5.41, 5.74) is 1.70. The number of hydrogen-bond donors (Lipinski definition) is 1. The van der Waals surface area contributed by atoms with Gasteiger partial charge in [-0.05, 0) is 54.1 Å². The highest BCUT2D eigenvalue weighted by molar-refractivity contribution is 9.10. The molecule has 5 nitrogen and oxygen atoms in total. The van der Waals surface area contributed by atoms with E-state index in [4.69, 9.17) is 44.3 Å². The lowest BCUT2D eigenvalue weighted by molar-refractivity contribution is -0.112. The molecule has 0 spiro atoms. The summed E-state index contributed by atoms with van der Waals surface area (Å²) in [6, 6.07) is 17.1. The van der Waals surface area contributed by atoms with Crippen LogP contribution in [-0.2, 0) is 11.4 Å². The zero-order valence-electron chi connectivity index (χ0n) is 17.2. The molecule has 3 rings (SSSR count). The molecule has 0 aliphatic heterocycles. The number of ether oxygens (including phenoxy) is 2. The molecule has 1 N–H and O–H groups in total. The van der Waals surface area contributed by atoms with Crippen LogP contribution in [0.1, 0.15) is 11.1 Å². The topological polar surface area (TPSA) is 71.3 Å². The van der Waals surface area contributed by atoms with Crippen LogP contribution in [0.2, 0.25) is 15.1 Å². The molecule has 9 heteroatoms. The molecule has 0 aliphatic rings. The number of carbonyl (C=O) groups excluding carboxylic acids is 1. The van der Waals surface area contributed by atoms with Gasteiger partial charge in [0, 0.05) is 30.8 Å². The van der Waals surface area contributed by atoms with E-state index in [1.807, 2.05) is 6.07 Å². The zero-order valence-corrected chi connectivity index (χ0v) is 21.0. The van der Waals surface area contributed by atoms with E-state index in [-0.39, 0.29) is 12.2 Å². The Kier molecular flexibility index (Phi) is 8.65. The number of nitrogens with zero attached hydrogens (tertiary/aromatic N) is 1. The summed E-state index contributed by atoms with van der Waals surface area (Å²) in [5, 5.41) is 13.7. The number of benzene rings is 3. The summed E-state index contributed by atoms with van der Waals surface area (Å²) in [6.45, 7) is 0.194. The maximum absolute atomic E-state index is 12.6. The van der Waals surface area contributed by atoms with Crippen molar-refractivity contribution in [3.8, 4) is 17.6 Å². The molecule has 0 unspecified atom stereocenters. The van der Waals surface area contributed by atoms with E-state index in [9.17, 15) is 10.1 Å². The van der Waals surface area contributed by atoms with Gasteiger partial charge >= 0.3 is 0 Å². The van der Waals surface area contributed by atoms with Crippen LogP contribution in [0.15, 0.2) is 64.6 Å². The number of anilines is 1. The molecule has 3 aromatic carbocycles. The summed E-state index contributed by atoms with van der Waals surface area (Å²) in [7, 11) is 1.50. The third-order valence-corrected chi connectivity index (χ3v) is 5.94. The fourth-order valence-corrected chi connectivity index (χ4v) is 3.89. The van der Waals surface area contributed by atoms with Crippen LogP contribution in [0.4, 0.5) is 5.69 Å². The number of hydrogen-bond acceptors (Lipinski definition) is 4. The lowest BCUT2D eigenvalue weighted by Crippen LogP contribution is -2.13. The van der Waals surface area contributed by atoms with E-state index < -0.39 is 5.91 Å². The Morgan fingerprint density at radius 2 is 1.85 bits per heavy atom. The van der Waals surface area contributed by atoms with Crippen molar-refractivity contribution >= 4 is 68.4 Å². The molecule has 3 aromatic rings. The van der Waals surface area contributed by atoms with E-state index in [1.54, 1.807) is 54.6 Å². The van der Waals surface area contributed by atoms with Crippen LogP contribution in [0.5, 0.6) is 11.5 Å². The Morgan fingerprint density at radius 1 is 1.09 bits per heavy atom. The lowest BCUT2D eigenvalue weighted by atomic mass is 10.1. The predicted molar refractivity (Wildman–Crippen MR) is 135 cm³/mol. The third kappa shape index (κ3) is 6.66. The molecule has 0 fully saturated rings. The van der Waals surface area contributed by atoms with Crippen LogP contribution in [0.25, 0.3) is 6.08 Å². The van der Waals surface area contributed by atoms with Crippen molar-refractivity contribution in [2.45, 2.75) is 6.61 Å². The Morgan fingerprint density at radius 3 is 2.52 bits per heavy atom. The summed E-state index contributed by atoms with van der Waals surface area (Å²) in [6.07, 6.45) is 1.45. The van der Waals surface area contributed by atoms with Gasteiger partial charge in [0.2, 0.25) is 0 Å². The highest BCUT2D eigenvalue weighted by Crippen LogP contribution is 2.35. The highest BCUT2D eigenvalue weighted by Gasteiger charge is 2.14. The maximum Gasteiger partial charge on any atom is 0.266 e. The number of halogens is 4. The fourth-order valence-electron chi connectivity index (χ4n) is 2.80. The minimum atomic E-state index is -0.566. The van der Waals surface area contributed by atoms with Gasteiger partial charge < -0.3 is 14.8 Å². The first kappa shape index (κ1) is 24.9. The Hall–Kier alpha value is -2.69. The molecule has 0 atom stereocenters. The minimum absolute atomic E-state index is 0.0978. The lowest BCUT2D eigenvalue weighted by Gasteiger charge is -2.14. The van der Waals surface area contributed by atoms with Crippen molar-refractivity contribution in [1.29, 1.82) is 5.26 Å². The molecule has 0 bridgehead atoms. The summed E-state index contributed by atoms with van der Waals surface area (Å²) in [5.74, 6) is 0.305.